The van der Waals surface area contributed by atoms with Crippen LogP contribution >= 0.6 is 0 Å². The average molecular weight is 291 g/mol. The molecule has 0 aliphatic carbocycles. The standard InChI is InChI=1S/C17H29N3O/c1-12(2)14(5)19-17(21)11-20(13(3)4)16-8-6-15(10-18)7-9-16/h6-9,12-14H,10-11,18H2,1-5H3,(H,19,21). The van der Waals surface area contributed by atoms with Gasteiger partial charge in [0.2, 0.25) is 5.91 Å². The van der Waals surface area contributed by atoms with E-state index in [1.807, 2.05) is 31.2 Å². The maximum Gasteiger partial charge on any atom is 0.239 e. The number of hydrogen-bond donors (Lipinski definition) is 2. The summed E-state index contributed by atoms with van der Waals surface area (Å²) in [6.45, 7) is 11.3. The van der Waals surface area contributed by atoms with E-state index in [0.29, 0.717) is 19.0 Å². The first-order valence-electron chi connectivity index (χ1n) is 7.70. The van der Waals surface area contributed by atoms with Crippen LogP contribution in [0.25, 0.3) is 0 Å². The molecule has 0 aliphatic heterocycles. The molecule has 0 spiro atoms. The molecule has 0 saturated carbocycles. The largest absolute Gasteiger partial charge is 0.360 e. The highest BCUT2D eigenvalue weighted by molar-refractivity contribution is 5.81. The summed E-state index contributed by atoms with van der Waals surface area (Å²) in [7, 11) is 0. The summed E-state index contributed by atoms with van der Waals surface area (Å²) >= 11 is 0. The fraction of sp³-hybridized carbons (Fsp3) is 0.588. The summed E-state index contributed by atoms with van der Waals surface area (Å²) in [5, 5.41) is 3.06. The molecule has 0 heterocycles. The molecule has 1 aromatic carbocycles. The predicted molar refractivity (Wildman–Crippen MR) is 89.3 cm³/mol. The molecule has 0 aliphatic rings. The van der Waals surface area contributed by atoms with E-state index >= 15 is 0 Å². The zero-order valence-electron chi connectivity index (χ0n) is 13.9. The van der Waals surface area contributed by atoms with Gasteiger partial charge in [0, 0.05) is 24.3 Å². The van der Waals surface area contributed by atoms with Crippen molar-refractivity contribution in [1.82, 2.24) is 5.32 Å². The van der Waals surface area contributed by atoms with Crippen LogP contribution in [0.15, 0.2) is 24.3 Å². The van der Waals surface area contributed by atoms with E-state index in [-0.39, 0.29) is 18.0 Å². The van der Waals surface area contributed by atoms with E-state index in [9.17, 15) is 4.79 Å². The lowest BCUT2D eigenvalue weighted by Gasteiger charge is -2.29. The number of carbonyl (C=O) groups excluding carboxylic acids is 1. The monoisotopic (exact) mass is 291 g/mol. The van der Waals surface area contributed by atoms with Crippen LogP contribution in [0.3, 0.4) is 0 Å². The van der Waals surface area contributed by atoms with Gasteiger partial charge in [-0.1, -0.05) is 26.0 Å². The van der Waals surface area contributed by atoms with Crippen molar-refractivity contribution in [3.8, 4) is 0 Å². The Balaban J connectivity index is 2.75. The average Bonchev–Trinajstić information content (AvgIpc) is 2.44. The van der Waals surface area contributed by atoms with Crippen LogP contribution < -0.4 is 16.0 Å². The van der Waals surface area contributed by atoms with Crippen molar-refractivity contribution in [3.63, 3.8) is 0 Å². The number of nitrogens with one attached hydrogen (secondary N) is 1. The van der Waals surface area contributed by atoms with E-state index in [1.54, 1.807) is 0 Å². The third-order valence-electron chi connectivity index (χ3n) is 3.83. The fourth-order valence-electron chi connectivity index (χ4n) is 2.02. The smallest absolute Gasteiger partial charge is 0.239 e. The second-order valence-corrected chi connectivity index (χ2v) is 6.19. The van der Waals surface area contributed by atoms with Gasteiger partial charge in [-0.2, -0.15) is 0 Å². The number of rotatable bonds is 7. The summed E-state index contributed by atoms with van der Waals surface area (Å²) < 4.78 is 0. The number of nitrogens with two attached hydrogens (primary N) is 1. The van der Waals surface area contributed by atoms with Gasteiger partial charge in [-0.3, -0.25) is 4.79 Å². The van der Waals surface area contributed by atoms with E-state index in [1.165, 1.54) is 0 Å². The highest BCUT2D eigenvalue weighted by Gasteiger charge is 2.17. The van der Waals surface area contributed by atoms with Crippen molar-refractivity contribution in [3.05, 3.63) is 29.8 Å². The zero-order valence-corrected chi connectivity index (χ0v) is 13.9. The molecule has 0 saturated heterocycles. The molecular formula is C17H29N3O. The molecule has 0 aromatic heterocycles. The van der Waals surface area contributed by atoms with Gasteiger partial charge in [-0.25, -0.2) is 0 Å². The summed E-state index contributed by atoms with van der Waals surface area (Å²) in [6, 6.07) is 8.53. The zero-order chi connectivity index (χ0) is 16.0. The molecule has 1 rings (SSSR count). The second-order valence-electron chi connectivity index (χ2n) is 6.19. The van der Waals surface area contributed by atoms with Crippen molar-refractivity contribution in [1.29, 1.82) is 0 Å². The van der Waals surface area contributed by atoms with Crippen molar-refractivity contribution < 1.29 is 4.79 Å². The molecule has 4 heteroatoms. The van der Waals surface area contributed by atoms with E-state index < -0.39 is 0 Å². The molecule has 1 atom stereocenters. The highest BCUT2D eigenvalue weighted by Crippen LogP contribution is 2.17. The molecule has 0 fully saturated rings. The van der Waals surface area contributed by atoms with Crippen molar-refractivity contribution in [2.45, 2.75) is 53.2 Å². The number of carbonyl (C=O) groups is 1. The van der Waals surface area contributed by atoms with Crippen molar-refractivity contribution >= 4 is 11.6 Å². The highest BCUT2D eigenvalue weighted by atomic mass is 16.2. The first kappa shape index (κ1) is 17.5. The van der Waals surface area contributed by atoms with Crippen LogP contribution in [0.1, 0.15) is 40.2 Å². The number of anilines is 1. The minimum atomic E-state index is 0.0628. The number of hydrogen-bond acceptors (Lipinski definition) is 3. The first-order chi connectivity index (χ1) is 9.85. The maximum atomic E-state index is 12.2. The Morgan fingerprint density at radius 3 is 2.14 bits per heavy atom. The molecule has 0 bridgehead atoms. The van der Waals surface area contributed by atoms with Crippen LogP contribution in [0.4, 0.5) is 5.69 Å². The van der Waals surface area contributed by atoms with Crippen LogP contribution in [-0.4, -0.2) is 24.5 Å². The predicted octanol–water partition coefficient (Wildman–Crippen LogP) is 2.52. The Morgan fingerprint density at radius 2 is 1.71 bits per heavy atom. The lowest BCUT2D eigenvalue weighted by molar-refractivity contribution is -0.120. The van der Waals surface area contributed by atoms with Gasteiger partial charge < -0.3 is 16.0 Å². The van der Waals surface area contributed by atoms with Crippen molar-refractivity contribution in [2.24, 2.45) is 11.7 Å². The lowest BCUT2D eigenvalue weighted by Crippen LogP contribution is -2.45. The molecule has 3 N–H and O–H groups in total. The van der Waals surface area contributed by atoms with Gasteiger partial charge in [-0.05, 0) is 44.4 Å². The lowest BCUT2D eigenvalue weighted by atomic mass is 10.1. The Morgan fingerprint density at radius 1 is 1.14 bits per heavy atom. The molecule has 0 radical (unpaired) electrons. The summed E-state index contributed by atoms with van der Waals surface area (Å²) in [4.78, 5) is 14.3. The van der Waals surface area contributed by atoms with Crippen LogP contribution in [0, 0.1) is 5.92 Å². The first-order valence-corrected chi connectivity index (χ1v) is 7.70. The van der Waals surface area contributed by atoms with Gasteiger partial charge in [0.25, 0.3) is 0 Å². The minimum Gasteiger partial charge on any atom is -0.360 e. The Kier molecular flexibility index (Phi) is 6.69. The number of benzene rings is 1. The summed E-state index contributed by atoms with van der Waals surface area (Å²) in [5.74, 6) is 0.498. The normalized spacial score (nSPS) is 12.6. The summed E-state index contributed by atoms with van der Waals surface area (Å²) in [6.07, 6.45) is 0. The molecule has 1 amide bonds. The number of amides is 1. The van der Waals surface area contributed by atoms with Gasteiger partial charge in [0.1, 0.15) is 0 Å². The van der Waals surface area contributed by atoms with Gasteiger partial charge in [0.15, 0.2) is 0 Å². The molecular weight excluding hydrogens is 262 g/mol. The fourth-order valence-corrected chi connectivity index (χ4v) is 2.02. The van der Waals surface area contributed by atoms with E-state index in [2.05, 4.69) is 37.9 Å². The van der Waals surface area contributed by atoms with Crippen molar-refractivity contribution in [2.75, 3.05) is 11.4 Å². The molecule has 1 unspecified atom stereocenters. The molecule has 21 heavy (non-hydrogen) atoms. The third kappa shape index (κ3) is 5.38. The molecule has 4 nitrogen and oxygen atoms in total. The Bertz CT molecular complexity index is 440. The van der Waals surface area contributed by atoms with Gasteiger partial charge in [-0.15, -0.1) is 0 Å². The SMILES string of the molecule is CC(C)C(C)NC(=O)CN(c1ccc(CN)cc1)C(C)C. The Labute approximate surface area is 128 Å². The Hall–Kier alpha value is -1.55. The topological polar surface area (TPSA) is 58.4 Å². The van der Waals surface area contributed by atoms with Gasteiger partial charge in [0.05, 0.1) is 6.54 Å². The maximum absolute atomic E-state index is 12.2. The number of nitrogens with zero attached hydrogens (tertiary/aromatic N) is 1. The molecule has 118 valence electrons. The second kappa shape index (κ2) is 8.03. The van der Waals surface area contributed by atoms with Crippen LogP contribution in [0.2, 0.25) is 0 Å². The van der Waals surface area contributed by atoms with Gasteiger partial charge >= 0.3 is 0 Å². The third-order valence-corrected chi connectivity index (χ3v) is 3.83. The molecule has 1 aromatic rings. The summed E-state index contributed by atoms with van der Waals surface area (Å²) in [5.41, 5.74) is 7.77. The quantitative estimate of drug-likeness (QED) is 0.811. The van der Waals surface area contributed by atoms with Crippen LogP contribution in [-0.2, 0) is 11.3 Å². The van der Waals surface area contributed by atoms with E-state index in [4.69, 9.17) is 5.73 Å². The van der Waals surface area contributed by atoms with E-state index in [0.717, 1.165) is 11.3 Å². The minimum absolute atomic E-state index is 0.0628. The van der Waals surface area contributed by atoms with Crippen LogP contribution in [0.5, 0.6) is 0 Å².